The van der Waals surface area contributed by atoms with E-state index in [1.165, 1.54) is 11.4 Å². The molecule has 0 aromatic heterocycles. The van der Waals surface area contributed by atoms with Gasteiger partial charge in [-0.3, -0.25) is 0 Å². The number of hydrogen-bond acceptors (Lipinski definition) is 4. The SMILES string of the molecule is CCNC(COC)CN1CCN(C)c2ccccc21. The predicted molar refractivity (Wildman–Crippen MR) is 81.3 cm³/mol. The third-order valence-electron chi connectivity index (χ3n) is 3.64. The smallest absolute Gasteiger partial charge is 0.0633 e. The van der Waals surface area contributed by atoms with Crippen molar-refractivity contribution in [1.82, 2.24) is 5.32 Å². The first-order valence-electron chi connectivity index (χ1n) is 7.03. The molecule has 1 aromatic rings. The molecule has 2 rings (SSSR count). The minimum absolute atomic E-state index is 0.381. The van der Waals surface area contributed by atoms with Crippen LogP contribution in [-0.2, 0) is 4.74 Å². The van der Waals surface area contributed by atoms with Crippen LogP contribution in [0.3, 0.4) is 0 Å². The van der Waals surface area contributed by atoms with Crippen molar-refractivity contribution in [3.05, 3.63) is 24.3 Å². The summed E-state index contributed by atoms with van der Waals surface area (Å²) >= 11 is 0. The van der Waals surface area contributed by atoms with Gasteiger partial charge >= 0.3 is 0 Å². The molecule has 1 aliphatic rings. The summed E-state index contributed by atoms with van der Waals surface area (Å²) < 4.78 is 5.31. The summed E-state index contributed by atoms with van der Waals surface area (Å²) in [6.07, 6.45) is 0. The second kappa shape index (κ2) is 6.78. The maximum Gasteiger partial charge on any atom is 0.0633 e. The third-order valence-corrected chi connectivity index (χ3v) is 3.64. The van der Waals surface area contributed by atoms with Gasteiger partial charge in [-0.25, -0.2) is 0 Å². The Bertz CT molecular complexity index is 391. The number of nitrogens with one attached hydrogen (secondary N) is 1. The van der Waals surface area contributed by atoms with E-state index in [4.69, 9.17) is 4.74 Å². The van der Waals surface area contributed by atoms with Gasteiger partial charge in [-0.2, -0.15) is 0 Å². The largest absolute Gasteiger partial charge is 0.383 e. The average Bonchev–Trinajstić information content (AvgIpc) is 2.43. The van der Waals surface area contributed by atoms with E-state index in [2.05, 4.69) is 53.4 Å². The summed E-state index contributed by atoms with van der Waals surface area (Å²) in [6, 6.07) is 9.01. The number of benzene rings is 1. The van der Waals surface area contributed by atoms with Crippen LogP contribution in [-0.4, -0.2) is 53.0 Å². The molecule has 0 saturated carbocycles. The second-order valence-electron chi connectivity index (χ2n) is 5.07. The summed E-state index contributed by atoms with van der Waals surface area (Å²) in [5.41, 5.74) is 2.65. The van der Waals surface area contributed by atoms with E-state index in [0.29, 0.717) is 6.04 Å². The number of hydrogen-bond donors (Lipinski definition) is 1. The van der Waals surface area contributed by atoms with Crippen LogP contribution in [0.2, 0.25) is 0 Å². The van der Waals surface area contributed by atoms with E-state index < -0.39 is 0 Å². The fraction of sp³-hybridized carbons (Fsp3) is 0.600. The lowest BCUT2D eigenvalue weighted by Gasteiger charge is -2.38. The van der Waals surface area contributed by atoms with Crippen molar-refractivity contribution < 1.29 is 4.74 Å². The second-order valence-corrected chi connectivity index (χ2v) is 5.07. The third kappa shape index (κ3) is 3.39. The van der Waals surface area contributed by atoms with Gasteiger partial charge in [-0.1, -0.05) is 19.1 Å². The molecule has 4 heteroatoms. The first kappa shape index (κ1) is 14.2. The van der Waals surface area contributed by atoms with Gasteiger partial charge in [0.1, 0.15) is 0 Å². The highest BCUT2D eigenvalue weighted by molar-refractivity contribution is 5.73. The van der Waals surface area contributed by atoms with Gasteiger partial charge in [0.2, 0.25) is 0 Å². The Balaban J connectivity index is 2.10. The molecule has 0 amide bonds. The number of nitrogens with zero attached hydrogens (tertiary/aromatic N) is 2. The van der Waals surface area contributed by atoms with Gasteiger partial charge in [-0.15, -0.1) is 0 Å². The maximum absolute atomic E-state index is 5.31. The Morgan fingerprint density at radius 3 is 2.68 bits per heavy atom. The fourth-order valence-corrected chi connectivity index (χ4v) is 2.69. The van der Waals surface area contributed by atoms with Crippen LogP contribution in [0.5, 0.6) is 0 Å². The molecule has 1 heterocycles. The van der Waals surface area contributed by atoms with Crippen LogP contribution in [0.1, 0.15) is 6.92 Å². The Hall–Kier alpha value is -1.26. The Morgan fingerprint density at radius 2 is 2.00 bits per heavy atom. The molecule has 0 fully saturated rings. The van der Waals surface area contributed by atoms with E-state index >= 15 is 0 Å². The Morgan fingerprint density at radius 1 is 1.26 bits per heavy atom. The molecule has 0 aliphatic carbocycles. The topological polar surface area (TPSA) is 27.7 Å². The van der Waals surface area contributed by atoms with Gasteiger partial charge in [-0.05, 0) is 18.7 Å². The van der Waals surface area contributed by atoms with Gasteiger partial charge in [0, 0.05) is 39.8 Å². The zero-order chi connectivity index (χ0) is 13.7. The fourth-order valence-electron chi connectivity index (χ4n) is 2.69. The van der Waals surface area contributed by atoms with E-state index in [-0.39, 0.29) is 0 Å². The lowest BCUT2D eigenvalue weighted by molar-refractivity contribution is 0.168. The molecule has 0 bridgehead atoms. The van der Waals surface area contributed by atoms with Gasteiger partial charge < -0.3 is 19.9 Å². The van der Waals surface area contributed by atoms with Crippen molar-refractivity contribution in [2.24, 2.45) is 0 Å². The molecule has 1 aromatic carbocycles. The summed E-state index contributed by atoms with van der Waals surface area (Å²) in [4.78, 5) is 4.78. The highest BCUT2D eigenvalue weighted by Gasteiger charge is 2.22. The first-order valence-corrected chi connectivity index (χ1v) is 7.03. The Labute approximate surface area is 116 Å². The van der Waals surface area contributed by atoms with Crippen LogP contribution >= 0.6 is 0 Å². The molecule has 4 nitrogen and oxygen atoms in total. The van der Waals surface area contributed by atoms with Crippen LogP contribution in [0, 0.1) is 0 Å². The quantitative estimate of drug-likeness (QED) is 0.843. The maximum atomic E-state index is 5.31. The normalized spacial score (nSPS) is 16.4. The molecule has 1 N–H and O–H groups in total. The number of likely N-dealkylation sites (N-methyl/N-ethyl adjacent to an activating group) is 2. The van der Waals surface area contributed by atoms with Crippen molar-refractivity contribution in [3.63, 3.8) is 0 Å². The first-order chi connectivity index (χ1) is 9.26. The average molecular weight is 263 g/mol. The number of methoxy groups -OCH3 is 1. The molecule has 19 heavy (non-hydrogen) atoms. The van der Waals surface area contributed by atoms with Crippen molar-refractivity contribution >= 4 is 11.4 Å². The van der Waals surface area contributed by atoms with Gasteiger partial charge in [0.15, 0.2) is 0 Å². The molecule has 0 saturated heterocycles. The van der Waals surface area contributed by atoms with Crippen molar-refractivity contribution in [3.8, 4) is 0 Å². The van der Waals surface area contributed by atoms with Crippen molar-refractivity contribution in [1.29, 1.82) is 0 Å². The minimum Gasteiger partial charge on any atom is -0.383 e. The molecule has 106 valence electrons. The van der Waals surface area contributed by atoms with Crippen LogP contribution < -0.4 is 15.1 Å². The monoisotopic (exact) mass is 263 g/mol. The lowest BCUT2D eigenvalue weighted by atomic mass is 10.1. The zero-order valence-corrected chi connectivity index (χ0v) is 12.2. The van der Waals surface area contributed by atoms with Gasteiger partial charge in [0.05, 0.1) is 18.0 Å². The predicted octanol–water partition coefficient (Wildman–Crippen LogP) is 1.57. The summed E-state index contributed by atoms with van der Waals surface area (Å²) in [5, 5.41) is 3.49. The number of rotatable bonds is 6. The van der Waals surface area contributed by atoms with Crippen LogP contribution in [0.15, 0.2) is 24.3 Å². The standard InChI is InChI=1S/C15H25N3O/c1-4-16-13(12-19-3)11-18-10-9-17(2)14-7-5-6-8-15(14)18/h5-8,13,16H,4,9-12H2,1-3H3. The number of ether oxygens (including phenoxy) is 1. The highest BCUT2D eigenvalue weighted by Crippen LogP contribution is 2.31. The number of anilines is 2. The van der Waals surface area contributed by atoms with Gasteiger partial charge in [0.25, 0.3) is 0 Å². The van der Waals surface area contributed by atoms with Crippen LogP contribution in [0.4, 0.5) is 11.4 Å². The summed E-state index contributed by atoms with van der Waals surface area (Å²) in [5.74, 6) is 0. The molecular weight excluding hydrogens is 238 g/mol. The molecule has 0 radical (unpaired) electrons. The zero-order valence-electron chi connectivity index (χ0n) is 12.2. The molecule has 1 unspecified atom stereocenters. The molecule has 1 aliphatic heterocycles. The molecule has 0 spiro atoms. The lowest BCUT2D eigenvalue weighted by Crippen LogP contribution is -2.48. The number of fused-ring (bicyclic) bond motifs is 1. The Kier molecular flexibility index (Phi) is 5.05. The van der Waals surface area contributed by atoms with Crippen molar-refractivity contribution in [2.75, 3.05) is 56.7 Å². The summed E-state index contributed by atoms with van der Waals surface area (Å²) in [7, 11) is 3.93. The van der Waals surface area contributed by atoms with Crippen molar-refractivity contribution in [2.45, 2.75) is 13.0 Å². The minimum atomic E-state index is 0.381. The van der Waals surface area contributed by atoms with E-state index in [1.807, 2.05) is 0 Å². The molecular formula is C15H25N3O. The number of para-hydroxylation sites is 2. The van der Waals surface area contributed by atoms with E-state index in [0.717, 1.165) is 32.8 Å². The highest BCUT2D eigenvalue weighted by atomic mass is 16.5. The van der Waals surface area contributed by atoms with Crippen LogP contribution in [0.25, 0.3) is 0 Å². The van der Waals surface area contributed by atoms with E-state index in [9.17, 15) is 0 Å². The summed E-state index contributed by atoms with van der Waals surface area (Å²) in [6.45, 7) is 7.00. The molecule has 1 atom stereocenters. The van der Waals surface area contributed by atoms with E-state index in [1.54, 1.807) is 7.11 Å².